The quantitative estimate of drug-likeness (QED) is 0.769. The number of sulfone groups is 1. The minimum Gasteiger partial charge on any atom is -0.229 e. The predicted octanol–water partition coefficient (Wildman–Crippen LogP) is 2.23. The number of rotatable bonds is 6. The Balaban J connectivity index is 1.87. The Kier molecular flexibility index (Phi) is 4.79. The molecule has 3 rings (SSSR count). The molecule has 1 aliphatic heterocycles. The first-order valence-electron chi connectivity index (χ1n) is 8.52. The molecule has 134 valence electrons. The van der Waals surface area contributed by atoms with Crippen LogP contribution >= 0.6 is 0 Å². The summed E-state index contributed by atoms with van der Waals surface area (Å²) in [6.45, 7) is 4.25. The van der Waals surface area contributed by atoms with Gasteiger partial charge in [0.05, 0.1) is 16.4 Å². The SMILES string of the molecule is CC(C)Cc1ccc(S(=O)(=O)N(C2CC2)[C@H]2CCS(=O)(=O)C2)cc1. The van der Waals surface area contributed by atoms with Crippen molar-refractivity contribution in [3.05, 3.63) is 29.8 Å². The average Bonchev–Trinajstić information content (AvgIpc) is 3.22. The van der Waals surface area contributed by atoms with Gasteiger partial charge in [-0.3, -0.25) is 0 Å². The summed E-state index contributed by atoms with van der Waals surface area (Å²) in [6, 6.07) is 6.59. The van der Waals surface area contributed by atoms with Crippen LogP contribution < -0.4 is 0 Å². The lowest BCUT2D eigenvalue weighted by atomic mass is 10.0. The largest absolute Gasteiger partial charge is 0.243 e. The van der Waals surface area contributed by atoms with Crippen molar-refractivity contribution in [1.82, 2.24) is 4.31 Å². The normalized spacial score (nSPS) is 23.9. The van der Waals surface area contributed by atoms with Crippen LogP contribution in [0.2, 0.25) is 0 Å². The smallest absolute Gasteiger partial charge is 0.229 e. The van der Waals surface area contributed by atoms with Crippen LogP contribution in [0, 0.1) is 5.92 Å². The van der Waals surface area contributed by atoms with E-state index in [-0.39, 0.29) is 22.4 Å². The molecule has 1 atom stereocenters. The lowest BCUT2D eigenvalue weighted by Gasteiger charge is -2.27. The second kappa shape index (κ2) is 6.42. The van der Waals surface area contributed by atoms with Crippen LogP contribution in [0.3, 0.4) is 0 Å². The Morgan fingerprint density at radius 2 is 1.71 bits per heavy atom. The van der Waals surface area contributed by atoms with Crippen molar-refractivity contribution in [3.63, 3.8) is 0 Å². The highest BCUT2D eigenvalue weighted by molar-refractivity contribution is 7.92. The van der Waals surface area contributed by atoms with E-state index in [1.165, 1.54) is 4.31 Å². The van der Waals surface area contributed by atoms with Crippen LogP contribution in [-0.4, -0.2) is 44.7 Å². The predicted molar refractivity (Wildman–Crippen MR) is 94.1 cm³/mol. The van der Waals surface area contributed by atoms with E-state index in [4.69, 9.17) is 0 Å². The first-order chi connectivity index (χ1) is 11.2. The highest BCUT2D eigenvalue weighted by Gasteiger charge is 2.46. The van der Waals surface area contributed by atoms with Gasteiger partial charge in [-0.05, 0) is 49.3 Å². The highest BCUT2D eigenvalue weighted by atomic mass is 32.2. The van der Waals surface area contributed by atoms with Crippen molar-refractivity contribution in [3.8, 4) is 0 Å². The van der Waals surface area contributed by atoms with Crippen LogP contribution in [0.1, 0.15) is 38.7 Å². The van der Waals surface area contributed by atoms with E-state index in [0.29, 0.717) is 12.3 Å². The van der Waals surface area contributed by atoms with Crippen molar-refractivity contribution in [2.45, 2.75) is 56.5 Å². The number of nitrogens with zero attached hydrogens (tertiary/aromatic N) is 1. The molecule has 2 aliphatic rings. The fourth-order valence-corrected chi connectivity index (χ4v) is 7.09. The van der Waals surface area contributed by atoms with Gasteiger partial charge in [0.25, 0.3) is 0 Å². The lowest BCUT2D eigenvalue weighted by Crippen LogP contribution is -2.42. The van der Waals surface area contributed by atoms with Crippen molar-refractivity contribution in [1.29, 1.82) is 0 Å². The zero-order valence-corrected chi connectivity index (χ0v) is 15.8. The standard InChI is InChI=1S/C17H25NO4S2/c1-13(2)11-14-3-7-17(8-4-14)24(21,22)18(15-5-6-15)16-9-10-23(19,20)12-16/h3-4,7-8,13,15-16H,5-6,9-12H2,1-2H3/t16-/m0/s1. The first-order valence-corrected chi connectivity index (χ1v) is 11.8. The molecular weight excluding hydrogens is 346 g/mol. The minimum absolute atomic E-state index is 0.0383. The molecule has 1 aromatic carbocycles. The maximum Gasteiger partial charge on any atom is 0.243 e. The third kappa shape index (κ3) is 3.83. The molecule has 0 amide bonds. The molecule has 7 heteroatoms. The van der Waals surface area contributed by atoms with E-state index in [2.05, 4.69) is 13.8 Å². The van der Waals surface area contributed by atoms with E-state index in [0.717, 1.165) is 24.8 Å². The summed E-state index contributed by atoms with van der Waals surface area (Å²) in [5.41, 5.74) is 1.12. The van der Waals surface area contributed by atoms with Gasteiger partial charge in [-0.2, -0.15) is 4.31 Å². The number of benzene rings is 1. The molecule has 1 aliphatic carbocycles. The first kappa shape index (κ1) is 17.9. The van der Waals surface area contributed by atoms with E-state index < -0.39 is 25.9 Å². The molecular formula is C17H25NO4S2. The summed E-state index contributed by atoms with van der Waals surface area (Å²) in [6.07, 6.45) is 2.96. The van der Waals surface area contributed by atoms with Gasteiger partial charge in [-0.15, -0.1) is 0 Å². The zero-order valence-electron chi connectivity index (χ0n) is 14.2. The summed E-state index contributed by atoms with van der Waals surface area (Å²) in [5, 5.41) is 0. The molecule has 1 saturated heterocycles. The molecule has 0 radical (unpaired) electrons. The Labute approximate surface area is 145 Å². The van der Waals surface area contributed by atoms with Crippen LogP contribution in [0.5, 0.6) is 0 Å². The zero-order chi connectivity index (χ0) is 17.5. The van der Waals surface area contributed by atoms with Gasteiger partial charge in [0.15, 0.2) is 9.84 Å². The third-order valence-electron chi connectivity index (χ3n) is 4.62. The minimum atomic E-state index is -3.65. The summed E-state index contributed by atoms with van der Waals surface area (Å²) in [7, 11) is -6.76. The van der Waals surface area contributed by atoms with E-state index in [9.17, 15) is 16.8 Å². The van der Waals surface area contributed by atoms with Gasteiger partial charge in [0.1, 0.15) is 0 Å². The molecule has 0 aromatic heterocycles. The van der Waals surface area contributed by atoms with Gasteiger partial charge < -0.3 is 0 Å². The molecule has 0 N–H and O–H groups in total. The van der Waals surface area contributed by atoms with Crippen molar-refractivity contribution >= 4 is 19.9 Å². The van der Waals surface area contributed by atoms with Crippen molar-refractivity contribution in [2.24, 2.45) is 5.92 Å². The molecule has 0 bridgehead atoms. The summed E-state index contributed by atoms with van der Waals surface area (Å²) in [5.74, 6) is 0.553. The van der Waals surface area contributed by atoms with Crippen LogP contribution in [-0.2, 0) is 26.3 Å². The van der Waals surface area contributed by atoms with Gasteiger partial charge in [-0.1, -0.05) is 26.0 Å². The molecule has 0 unspecified atom stereocenters. The summed E-state index contributed by atoms with van der Waals surface area (Å²) >= 11 is 0. The highest BCUT2D eigenvalue weighted by Crippen LogP contribution is 2.36. The summed E-state index contributed by atoms with van der Waals surface area (Å²) in [4.78, 5) is 0.270. The number of hydrogen-bond donors (Lipinski definition) is 0. The molecule has 1 heterocycles. The maximum atomic E-state index is 13.1. The van der Waals surface area contributed by atoms with Gasteiger partial charge >= 0.3 is 0 Å². The Morgan fingerprint density at radius 1 is 1.08 bits per heavy atom. The third-order valence-corrected chi connectivity index (χ3v) is 8.39. The molecule has 24 heavy (non-hydrogen) atoms. The Morgan fingerprint density at radius 3 is 2.17 bits per heavy atom. The fourth-order valence-electron chi connectivity index (χ4n) is 3.39. The Hall–Kier alpha value is -0.920. The molecule has 0 spiro atoms. The fraction of sp³-hybridized carbons (Fsp3) is 0.647. The van der Waals surface area contributed by atoms with E-state index in [1.54, 1.807) is 12.1 Å². The number of sulfonamides is 1. The molecule has 5 nitrogen and oxygen atoms in total. The van der Waals surface area contributed by atoms with Gasteiger partial charge in [-0.25, -0.2) is 16.8 Å². The second-order valence-corrected chi connectivity index (χ2v) is 11.4. The van der Waals surface area contributed by atoms with Crippen LogP contribution in [0.4, 0.5) is 0 Å². The average molecular weight is 372 g/mol. The lowest BCUT2D eigenvalue weighted by molar-refractivity contribution is 0.332. The summed E-state index contributed by atoms with van der Waals surface area (Å²) < 4.78 is 51.2. The van der Waals surface area contributed by atoms with Crippen molar-refractivity contribution < 1.29 is 16.8 Å². The molecule has 1 aromatic rings. The van der Waals surface area contributed by atoms with E-state index in [1.807, 2.05) is 12.1 Å². The van der Waals surface area contributed by atoms with Gasteiger partial charge in [0, 0.05) is 12.1 Å². The van der Waals surface area contributed by atoms with Crippen LogP contribution in [0.15, 0.2) is 29.2 Å². The second-order valence-electron chi connectivity index (χ2n) is 7.36. The maximum absolute atomic E-state index is 13.1. The van der Waals surface area contributed by atoms with Crippen LogP contribution in [0.25, 0.3) is 0 Å². The molecule has 1 saturated carbocycles. The monoisotopic (exact) mass is 371 g/mol. The molecule has 2 fully saturated rings. The number of hydrogen-bond acceptors (Lipinski definition) is 4. The van der Waals surface area contributed by atoms with E-state index >= 15 is 0 Å². The van der Waals surface area contributed by atoms with Gasteiger partial charge in [0.2, 0.25) is 10.0 Å². The topological polar surface area (TPSA) is 71.5 Å². The Bertz CT molecular complexity index is 793. The van der Waals surface area contributed by atoms with Crippen molar-refractivity contribution in [2.75, 3.05) is 11.5 Å².